The largest absolute Gasteiger partial charge is 0.396 e. The number of anilines is 1. The quantitative estimate of drug-likeness (QED) is 0.568. The molecule has 17 heavy (non-hydrogen) atoms. The highest BCUT2D eigenvalue weighted by Crippen LogP contribution is 2.24. The van der Waals surface area contributed by atoms with Gasteiger partial charge < -0.3 is 15.6 Å². The van der Waals surface area contributed by atoms with Gasteiger partial charge in [-0.05, 0) is 13.3 Å². The predicted octanol–water partition coefficient (Wildman–Crippen LogP) is 1.46. The maximum Gasteiger partial charge on any atom is 0.157 e. The van der Waals surface area contributed by atoms with Crippen molar-refractivity contribution in [2.24, 2.45) is 0 Å². The lowest BCUT2D eigenvalue weighted by Crippen LogP contribution is -2.05. The Kier molecular flexibility index (Phi) is 6.25. The van der Waals surface area contributed by atoms with E-state index in [0.29, 0.717) is 30.1 Å². The van der Waals surface area contributed by atoms with E-state index < -0.39 is 0 Å². The highest BCUT2D eigenvalue weighted by atomic mass is 32.2. The molecule has 0 aliphatic carbocycles. The summed E-state index contributed by atoms with van der Waals surface area (Å²) in [5, 5.41) is 9.98. The second-order valence-electron chi connectivity index (χ2n) is 3.63. The van der Waals surface area contributed by atoms with Gasteiger partial charge in [-0.1, -0.05) is 6.92 Å². The summed E-state index contributed by atoms with van der Waals surface area (Å²) in [7, 11) is 0. The number of hydrogen-bond donors (Lipinski definition) is 2. The van der Waals surface area contributed by atoms with Gasteiger partial charge in [-0.2, -0.15) is 0 Å². The minimum absolute atomic E-state index is 0.181. The van der Waals surface area contributed by atoms with Gasteiger partial charge in [-0.25, -0.2) is 9.97 Å². The molecule has 0 spiro atoms. The molecule has 0 aliphatic heterocycles. The molecule has 1 atom stereocenters. The Hall–Kier alpha value is -0.850. The molecule has 0 radical (unpaired) electrons. The van der Waals surface area contributed by atoms with Gasteiger partial charge in [0.1, 0.15) is 17.5 Å². The zero-order chi connectivity index (χ0) is 12.7. The summed E-state index contributed by atoms with van der Waals surface area (Å²) in [6, 6.07) is 1.74. The average molecular weight is 257 g/mol. The van der Waals surface area contributed by atoms with E-state index in [1.807, 2.05) is 13.8 Å². The Morgan fingerprint density at radius 2 is 2.29 bits per heavy atom. The van der Waals surface area contributed by atoms with Gasteiger partial charge in [0.15, 0.2) is 5.82 Å². The van der Waals surface area contributed by atoms with Crippen LogP contribution in [0.5, 0.6) is 0 Å². The number of aliphatic hydroxyl groups excluding tert-OH is 1. The van der Waals surface area contributed by atoms with Crippen molar-refractivity contribution in [3.63, 3.8) is 0 Å². The molecule has 0 amide bonds. The van der Waals surface area contributed by atoms with Crippen LogP contribution in [0.1, 0.15) is 26.1 Å². The standard InChI is InChI=1S/C11H19N3O2S/c1-3-16-7-10-13-9(12)6-11(14-10)17-8(2)4-5-15/h6,8,15H,3-5,7H2,1-2H3,(H2,12,13,14). The average Bonchev–Trinajstić information content (AvgIpc) is 2.25. The fourth-order valence-electron chi connectivity index (χ4n) is 1.26. The van der Waals surface area contributed by atoms with Crippen molar-refractivity contribution >= 4 is 17.6 Å². The van der Waals surface area contributed by atoms with Crippen molar-refractivity contribution in [3.05, 3.63) is 11.9 Å². The summed E-state index contributed by atoms with van der Waals surface area (Å²) >= 11 is 1.58. The number of nitrogen functional groups attached to an aromatic ring is 1. The predicted molar refractivity (Wildman–Crippen MR) is 68.8 cm³/mol. The fourth-order valence-corrected chi connectivity index (χ4v) is 2.24. The molecule has 0 aromatic carbocycles. The molecule has 1 aromatic heterocycles. The third-order valence-corrected chi connectivity index (χ3v) is 3.15. The Morgan fingerprint density at radius 1 is 1.53 bits per heavy atom. The number of aliphatic hydroxyl groups is 1. The Labute approximate surface area is 106 Å². The van der Waals surface area contributed by atoms with Gasteiger partial charge in [0.2, 0.25) is 0 Å². The summed E-state index contributed by atoms with van der Waals surface area (Å²) in [5.41, 5.74) is 5.71. The molecule has 1 heterocycles. The highest BCUT2D eigenvalue weighted by molar-refractivity contribution is 7.99. The molecular formula is C11H19N3O2S. The number of thioether (sulfide) groups is 1. The summed E-state index contributed by atoms with van der Waals surface area (Å²) in [6.07, 6.45) is 0.732. The second-order valence-corrected chi connectivity index (χ2v) is 5.08. The van der Waals surface area contributed by atoms with Gasteiger partial charge in [0.25, 0.3) is 0 Å². The van der Waals surface area contributed by atoms with Crippen LogP contribution in [0.3, 0.4) is 0 Å². The highest BCUT2D eigenvalue weighted by Gasteiger charge is 2.08. The van der Waals surface area contributed by atoms with E-state index in [-0.39, 0.29) is 6.61 Å². The van der Waals surface area contributed by atoms with Gasteiger partial charge >= 0.3 is 0 Å². The molecule has 1 rings (SSSR count). The first kappa shape index (κ1) is 14.2. The topological polar surface area (TPSA) is 81.3 Å². The lowest BCUT2D eigenvalue weighted by Gasteiger charge is -2.10. The van der Waals surface area contributed by atoms with Gasteiger partial charge in [-0.15, -0.1) is 11.8 Å². The maximum atomic E-state index is 8.85. The van der Waals surface area contributed by atoms with Crippen molar-refractivity contribution in [2.75, 3.05) is 18.9 Å². The molecular weight excluding hydrogens is 238 g/mol. The molecule has 96 valence electrons. The number of hydrogen-bond acceptors (Lipinski definition) is 6. The van der Waals surface area contributed by atoms with Crippen LogP contribution in [0.2, 0.25) is 0 Å². The van der Waals surface area contributed by atoms with E-state index in [9.17, 15) is 0 Å². The third kappa shape index (κ3) is 5.34. The first-order valence-corrected chi connectivity index (χ1v) is 6.52. The van der Waals surface area contributed by atoms with Crippen LogP contribution < -0.4 is 5.73 Å². The van der Waals surface area contributed by atoms with Crippen LogP contribution in [-0.4, -0.2) is 33.5 Å². The third-order valence-electron chi connectivity index (χ3n) is 2.06. The molecule has 0 bridgehead atoms. The van der Waals surface area contributed by atoms with Crippen molar-refractivity contribution < 1.29 is 9.84 Å². The summed E-state index contributed by atoms with van der Waals surface area (Å²) in [4.78, 5) is 8.46. The molecule has 0 saturated heterocycles. The zero-order valence-electron chi connectivity index (χ0n) is 10.2. The van der Waals surface area contributed by atoms with E-state index in [4.69, 9.17) is 15.6 Å². The molecule has 1 unspecified atom stereocenters. The van der Waals surface area contributed by atoms with Crippen LogP contribution in [-0.2, 0) is 11.3 Å². The number of nitrogens with zero attached hydrogens (tertiary/aromatic N) is 2. The van der Waals surface area contributed by atoms with Crippen molar-refractivity contribution in [2.45, 2.75) is 37.2 Å². The van der Waals surface area contributed by atoms with Crippen LogP contribution in [0, 0.1) is 0 Å². The van der Waals surface area contributed by atoms with E-state index in [0.717, 1.165) is 11.4 Å². The van der Waals surface area contributed by atoms with E-state index in [2.05, 4.69) is 9.97 Å². The Morgan fingerprint density at radius 3 is 2.94 bits per heavy atom. The zero-order valence-corrected chi connectivity index (χ0v) is 11.0. The molecule has 0 aliphatic rings. The Balaban J connectivity index is 2.67. The van der Waals surface area contributed by atoms with E-state index >= 15 is 0 Å². The van der Waals surface area contributed by atoms with Crippen molar-refractivity contribution in [1.82, 2.24) is 9.97 Å². The van der Waals surface area contributed by atoms with Crippen LogP contribution in [0.15, 0.2) is 11.1 Å². The maximum absolute atomic E-state index is 8.85. The van der Waals surface area contributed by atoms with Crippen LogP contribution in [0.4, 0.5) is 5.82 Å². The van der Waals surface area contributed by atoms with E-state index in [1.165, 1.54) is 0 Å². The van der Waals surface area contributed by atoms with E-state index in [1.54, 1.807) is 17.8 Å². The monoisotopic (exact) mass is 257 g/mol. The first-order chi connectivity index (χ1) is 8.15. The number of ether oxygens (including phenoxy) is 1. The van der Waals surface area contributed by atoms with Crippen LogP contribution in [0.25, 0.3) is 0 Å². The first-order valence-electron chi connectivity index (χ1n) is 5.64. The van der Waals surface area contributed by atoms with Gasteiger partial charge in [0.05, 0.1) is 0 Å². The Bertz CT molecular complexity index is 349. The normalized spacial score (nSPS) is 12.6. The molecule has 0 fully saturated rings. The molecule has 5 nitrogen and oxygen atoms in total. The smallest absolute Gasteiger partial charge is 0.157 e. The number of rotatable bonds is 7. The molecule has 1 aromatic rings. The molecule has 0 saturated carbocycles. The summed E-state index contributed by atoms with van der Waals surface area (Å²) in [5.74, 6) is 1.05. The lowest BCUT2D eigenvalue weighted by atomic mass is 10.3. The van der Waals surface area contributed by atoms with Gasteiger partial charge in [0, 0.05) is 24.5 Å². The van der Waals surface area contributed by atoms with Crippen molar-refractivity contribution in [3.8, 4) is 0 Å². The summed E-state index contributed by atoms with van der Waals surface area (Å²) in [6.45, 7) is 5.15. The minimum Gasteiger partial charge on any atom is -0.396 e. The minimum atomic E-state index is 0.181. The summed E-state index contributed by atoms with van der Waals surface area (Å²) < 4.78 is 5.25. The van der Waals surface area contributed by atoms with Crippen LogP contribution >= 0.6 is 11.8 Å². The number of aromatic nitrogens is 2. The number of nitrogens with two attached hydrogens (primary N) is 1. The SMILES string of the molecule is CCOCc1nc(N)cc(SC(C)CCO)n1. The second kappa shape index (κ2) is 7.47. The lowest BCUT2D eigenvalue weighted by molar-refractivity contribution is 0.128. The van der Waals surface area contributed by atoms with Crippen molar-refractivity contribution in [1.29, 1.82) is 0 Å². The van der Waals surface area contributed by atoms with Gasteiger partial charge in [-0.3, -0.25) is 0 Å². The molecule has 6 heteroatoms. The molecule has 3 N–H and O–H groups in total. The fraction of sp³-hybridized carbons (Fsp3) is 0.636.